The van der Waals surface area contributed by atoms with Gasteiger partial charge in [-0.05, 0) is 102 Å². The Morgan fingerprint density at radius 3 is 1.51 bits per heavy atom. The van der Waals surface area contributed by atoms with Gasteiger partial charge in [0.15, 0.2) is 11.6 Å². The van der Waals surface area contributed by atoms with Crippen LogP contribution in [0.25, 0.3) is 133 Å². The van der Waals surface area contributed by atoms with Crippen molar-refractivity contribution in [3.8, 4) is 56.7 Å². The molecule has 3 aromatic heterocycles. The van der Waals surface area contributed by atoms with E-state index in [1.165, 1.54) is 65.5 Å². The zero-order chi connectivity index (χ0) is 47.0. The van der Waals surface area contributed by atoms with E-state index < -0.39 is 0 Å². The molecule has 0 aliphatic heterocycles. The molecule has 0 spiro atoms. The van der Waals surface area contributed by atoms with Gasteiger partial charge in [0.25, 0.3) is 0 Å². The smallest absolute Gasteiger partial charge is 0.238 e. The van der Waals surface area contributed by atoms with E-state index in [-0.39, 0.29) is 5.41 Å². The minimum atomic E-state index is -0.180. The number of nitrogens with zero attached hydrogens (tertiary/aromatic N) is 5. The lowest BCUT2D eigenvalue weighted by atomic mass is 9.82. The molecule has 0 unspecified atom stereocenters. The van der Waals surface area contributed by atoms with Crippen LogP contribution in [0.1, 0.15) is 25.0 Å². The molecule has 0 amide bonds. The summed E-state index contributed by atoms with van der Waals surface area (Å²) < 4.78 is 4.74. The Kier molecular flexibility index (Phi) is 8.35. The van der Waals surface area contributed by atoms with Gasteiger partial charge in [0.2, 0.25) is 5.95 Å². The van der Waals surface area contributed by atoms with Gasteiger partial charge >= 0.3 is 0 Å². The van der Waals surface area contributed by atoms with Gasteiger partial charge < -0.3 is 4.57 Å². The molecule has 332 valence electrons. The second-order valence-corrected chi connectivity index (χ2v) is 19.5. The Bertz CT molecular complexity index is 4520. The van der Waals surface area contributed by atoms with Gasteiger partial charge in [-0.15, -0.1) is 0 Å². The number of fused-ring (bicyclic) bond motifs is 16. The van der Waals surface area contributed by atoms with E-state index in [2.05, 4.69) is 229 Å². The van der Waals surface area contributed by atoms with Crippen molar-refractivity contribution in [2.45, 2.75) is 19.3 Å². The molecule has 5 heteroatoms. The molecule has 0 fully saturated rings. The highest BCUT2D eigenvalue weighted by atomic mass is 15.2. The van der Waals surface area contributed by atoms with Crippen LogP contribution < -0.4 is 0 Å². The van der Waals surface area contributed by atoms with Crippen molar-refractivity contribution in [2.24, 2.45) is 0 Å². The zero-order valence-corrected chi connectivity index (χ0v) is 39.1. The molecule has 5 nitrogen and oxygen atoms in total. The van der Waals surface area contributed by atoms with Crippen LogP contribution in [0, 0.1) is 0 Å². The minimum Gasteiger partial charge on any atom is -0.307 e. The van der Waals surface area contributed by atoms with E-state index in [9.17, 15) is 0 Å². The average molecular weight is 906 g/mol. The molecule has 1 aliphatic carbocycles. The predicted octanol–water partition coefficient (Wildman–Crippen LogP) is 16.8. The quantitative estimate of drug-likeness (QED) is 0.162. The fraction of sp³-hybridized carbons (Fsp3) is 0.0455. The summed E-state index contributed by atoms with van der Waals surface area (Å²) in [4.78, 5) is 16.2. The van der Waals surface area contributed by atoms with Crippen molar-refractivity contribution < 1.29 is 0 Å². The highest BCUT2D eigenvalue weighted by Gasteiger charge is 2.35. The van der Waals surface area contributed by atoms with Crippen molar-refractivity contribution >= 4 is 75.9 Å². The number of hydrogen-bond donors (Lipinski definition) is 0. The summed E-state index contributed by atoms with van der Waals surface area (Å²) in [6.07, 6.45) is 0. The summed E-state index contributed by atoms with van der Waals surface area (Å²) in [5.74, 6) is 1.82. The maximum atomic E-state index is 5.51. The molecule has 0 N–H and O–H groups in total. The van der Waals surface area contributed by atoms with Crippen molar-refractivity contribution in [3.05, 3.63) is 236 Å². The van der Waals surface area contributed by atoms with Crippen LogP contribution in [0.2, 0.25) is 0 Å². The highest BCUT2D eigenvalue weighted by Crippen LogP contribution is 2.50. The lowest BCUT2D eigenvalue weighted by molar-refractivity contribution is 0.660. The molecule has 0 radical (unpaired) electrons. The van der Waals surface area contributed by atoms with Gasteiger partial charge in [-0.3, -0.25) is 4.57 Å². The van der Waals surface area contributed by atoms with E-state index >= 15 is 0 Å². The summed E-state index contributed by atoms with van der Waals surface area (Å²) >= 11 is 0. The monoisotopic (exact) mass is 905 g/mol. The van der Waals surface area contributed by atoms with Crippen molar-refractivity contribution in [1.29, 1.82) is 0 Å². The van der Waals surface area contributed by atoms with Gasteiger partial charge in [0.1, 0.15) is 0 Å². The number of hydrogen-bond acceptors (Lipinski definition) is 3. The molecule has 0 saturated carbocycles. The van der Waals surface area contributed by atoms with Crippen LogP contribution in [0.15, 0.2) is 224 Å². The number of aromatic nitrogens is 5. The Morgan fingerprint density at radius 2 is 0.803 bits per heavy atom. The molecule has 0 saturated heterocycles. The maximum Gasteiger partial charge on any atom is 0.238 e. The van der Waals surface area contributed by atoms with E-state index in [1.807, 2.05) is 18.2 Å². The summed E-state index contributed by atoms with van der Waals surface area (Å²) in [6, 6.07) is 81.4. The highest BCUT2D eigenvalue weighted by molar-refractivity contribution is 6.26. The summed E-state index contributed by atoms with van der Waals surface area (Å²) in [6.45, 7) is 4.64. The van der Waals surface area contributed by atoms with Crippen LogP contribution in [0.4, 0.5) is 0 Å². The van der Waals surface area contributed by atoms with Crippen LogP contribution in [0.5, 0.6) is 0 Å². The second kappa shape index (κ2) is 14.9. The van der Waals surface area contributed by atoms with Crippen LogP contribution in [0.3, 0.4) is 0 Å². The molecule has 3 heterocycles. The van der Waals surface area contributed by atoms with Gasteiger partial charge in [-0.2, -0.15) is 9.97 Å². The lowest BCUT2D eigenvalue weighted by Gasteiger charge is -2.21. The van der Waals surface area contributed by atoms with Gasteiger partial charge in [0.05, 0.1) is 22.1 Å². The molecular weight excluding hydrogens is 863 g/mol. The molecule has 1 aliphatic rings. The molecule has 14 aromatic rings. The van der Waals surface area contributed by atoms with Crippen molar-refractivity contribution in [2.75, 3.05) is 0 Å². The second-order valence-electron chi connectivity index (χ2n) is 19.5. The van der Waals surface area contributed by atoms with Crippen LogP contribution >= 0.6 is 0 Å². The van der Waals surface area contributed by atoms with Gasteiger partial charge in [-0.1, -0.05) is 202 Å². The van der Waals surface area contributed by atoms with E-state index in [0.29, 0.717) is 17.6 Å². The molecule has 15 rings (SSSR count). The average Bonchev–Trinajstić information content (AvgIpc) is 4.04. The van der Waals surface area contributed by atoms with Crippen LogP contribution in [-0.4, -0.2) is 24.1 Å². The summed E-state index contributed by atoms with van der Waals surface area (Å²) in [5, 5.41) is 12.2. The van der Waals surface area contributed by atoms with Crippen molar-refractivity contribution in [1.82, 2.24) is 24.1 Å². The first-order valence-corrected chi connectivity index (χ1v) is 24.4. The summed E-state index contributed by atoms with van der Waals surface area (Å²) in [7, 11) is 0. The Morgan fingerprint density at radius 1 is 0.310 bits per heavy atom. The van der Waals surface area contributed by atoms with Crippen molar-refractivity contribution in [3.63, 3.8) is 0 Å². The number of para-hydroxylation sites is 2. The fourth-order valence-electron chi connectivity index (χ4n) is 12.0. The fourth-order valence-corrected chi connectivity index (χ4v) is 12.0. The van der Waals surface area contributed by atoms with E-state index in [1.54, 1.807) is 0 Å². The van der Waals surface area contributed by atoms with E-state index in [0.717, 1.165) is 60.6 Å². The molecule has 11 aromatic carbocycles. The number of benzene rings is 11. The normalized spacial score (nSPS) is 13.0. The third-order valence-electron chi connectivity index (χ3n) is 15.3. The number of rotatable bonds is 5. The zero-order valence-electron chi connectivity index (χ0n) is 39.1. The molecular formula is C66H43N5. The first kappa shape index (κ1) is 39.8. The third-order valence-corrected chi connectivity index (χ3v) is 15.3. The standard InChI is InChI=1S/C66H43N5/c1-66(2)57-28-13-10-25-50(57)51-34-32-43(39-58(51)66)64-67-63(40-17-4-3-5-18-40)68-65(69-64)71-60-30-15-12-27-53(60)55-36-35-54-52-26-11-14-29-59(52)70(61(54)62(55)71)44-20-16-19-41(37-44)42-31-33-49-47-23-7-6-21-45(47)46-22-8-9-24-48(46)56(49)38-42/h3-39H,1-2H3. The summed E-state index contributed by atoms with van der Waals surface area (Å²) in [5.41, 5.74) is 14.5. The maximum absolute atomic E-state index is 5.51. The Hall–Kier alpha value is -9.19. The SMILES string of the molecule is CC1(C)c2ccccc2-c2ccc(-c3nc(-c4ccccc4)nc(-n4c5ccccc5c5ccc6c7ccccc7n(-c7cccc(-c8ccc9c%10ccccc%10c%10ccccc%10c9c8)c7)c6c54)n3)cc21. The van der Waals surface area contributed by atoms with Gasteiger partial charge in [-0.25, -0.2) is 4.98 Å². The lowest BCUT2D eigenvalue weighted by Crippen LogP contribution is -2.15. The topological polar surface area (TPSA) is 48.5 Å². The predicted molar refractivity (Wildman–Crippen MR) is 295 cm³/mol. The molecule has 71 heavy (non-hydrogen) atoms. The molecule has 0 atom stereocenters. The first-order chi connectivity index (χ1) is 35.0. The van der Waals surface area contributed by atoms with Crippen LogP contribution in [-0.2, 0) is 5.41 Å². The Labute approximate surface area is 409 Å². The third kappa shape index (κ3) is 5.78. The largest absolute Gasteiger partial charge is 0.307 e. The van der Waals surface area contributed by atoms with E-state index in [4.69, 9.17) is 15.0 Å². The minimum absolute atomic E-state index is 0.180. The molecule has 0 bridgehead atoms. The Balaban J connectivity index is 0.984. The first-order valence-electron chi connectivity index (χ1n) is 24.4. The van der Waals surface area contributed by atoms with Gasteiger partial charge in [0, 0.05) is 43.8 Å².